The number of nitrogens with zero attached hydrogens (tertiary/aromatic N) is 2. The van der Waals surface area contributed by atoms with Gasteiger partial charge in [0.1, 0.15) is 5.82 Å². The van der Waals surface area contributed by atoms with Crippen molar-refractivity contribution in [2.45, 2.75) is 70.6 Å². The lowest BCUT2D eigenvalue weighted by Gasteiger charge is -2.26. The SMILES string of the molecule is CCC(CC)Nc1nc(N[C@H]2CC[C@H](O)CC2)ncc1C(N)=O. The van der Waals surface area contributed by atoms with Crippen molar-refractivity contribution in [3.05, 3.63) is 11.8 Å². The van der Waals surface area contributed by atoms with Crippen molar-refractivity contribution < 1.29 is 9.90 Å². The minimum atomic E-state index is -0.536. The van der Waals surface area contributed by atoms with E-state index in [1.165, 1.54) is 6.20 Å². The highest BCUT2D eigenvalue weighted by molar-refractivity contribution is 5.97. The van der Waals surface area contributed by atoms with E-state index in [4.69, 9.17) is 5.73 Å². The van der Waals surface area contributed by atoms with Crippen LogP contribution in [0.15, 0.2) is 6.20 Å². The molecule has 1 aliphatic rings. The van der Waals surface area contributed by atoms with Gasteiger partial charge in [-0.1, -0.05) is 13.8 Å². The van der Waals surface area contributed by atoms with Crippen LogP contribution in [0.5, 0.6) is 0 Å². The molecule has 1 aromatic rings. The fraction of sp³-hybridized carbons (Fsp3) is 0.688. The lowest BCUT2D eigenvalue weighted by atomic mass is 9.93. The number of aromatic nitrogens is 2. The Labute approximate surface area is 137 Å². The molecule has 0 unspecified atom stereocenters. The average molecular weight is 321 g/mol. The molecule has 1 aliphatic carbocycles. The van der Waals surface area contributed by atoms with Crippen LogP contribution < -0.4 is 16.4 Å². The molecule has 1 amide bonds. The summed E-state index contributed by atoms with van der Waals surface area (Å²) in [5.41, 5.74) is 5.72. The van der Waals surface area contributed by atoms with E-state index in [0.717, 1.165) is 38.5 Å². The Hall–Kier alpha value is -1.89. The standard InChI is InChI=1S/C16H27N5O2/c1-3-10(4-2)19-15-13(14(17)23)9-18-16(21-15)20-11-5-7-12(22)8-6-11/h9-12,22H,3-8H2,1-2H3,(H2,17,23)(H2,18,19,20,21)/t11-,12-. The van der Waals surface area contributed by atoms with Crippen LogP contribution >= 0.6 is 0 Å². The predicted molar refractivity (Wildman–Crippen MR) is 90.4 cm³/mol. The van der Waals surface area contributed by atoms with Gasteiger partial charge in [0.15, 0.2) is 0 Å². The lowest BCUT2D eigenvalue weighted by Crippen LogP contribution is -2.29. The maximum atomic E-state index is 11.6. The van der Waals surface area contributed by atoms with E-state index in [0.29, 0.717) is 17.3 Å². The van der Waals surface area contributed by atoms with Gasteiger partial charge >= 0.3 is 0 Å². The maximum absolute atomic E-state index is 11.6. The number of nitrogens with two attached hydrogens (primary N) is 1. The van der Waals surface area contributed by atoms with Crippen LogP contribution in [0, 0.1) is 0 Å². The minimum absolute atomic E-state index is 0.196. The molecule has 0 spiro atoms. The first-order chi connectivity index (χ1) is 11.0. The summed E-state index contributed by atoms with van der Waals surface area (Å²) < 4.78 is 0. The Bertz CT molecular complexity index is 525. The van der Waals surface area contributed by atoms with Gasteiger partial charge in [-0.15, -0.1) is 0 Å². The lowest BCUT2D eigenvalue weighted by molar-refractivity contribution is 0.1000. The molecule has 0 aliphatic heterocycles. The van der Waals surface area contributed by atoms with Crippen molar-refractivity contribution in [3.8, 4) is 0 Å². The smallest absolute Gasteiger partial charge is 0.254 e. The van der Waals surface area contributed by atoms with E-state index in [1.54, 1.807) is 0 Å². The minimum Gasteiger partial charge on any atom is -0.393 e. The van der Waals surface area contributed by atoms with E-state index < -0.39 is 5.91 Å². The Morgan fingerprint density at radius 3 is 2.57 bits per heavy atom. The van der Waals surface area contributed by atoms with Gasteiger partial charge in [-0.3, -0.25) is 4.79 Å². The fourth-order valence-electron chi connectivity index (χ4n) is 2.83. The topological polar surface area (TPSA) is 113 Å². The first kappa shape index (κ1) is 17.5. The molecule has 128 valence electrons. The van der Waals surface area contributed by atoms with Crippen molar-refractivity contribution in [2.75, 3.05) is 10.6 Å². The van der Waals surface area contributed by atoms with Crippen molar-refractivity contribution >= 4 is 17.7 Å². The zero-order valence-corrected chi connectivity index (χ0v) is 13.9. The number of primary amides is 1. The number of nitrogens with one attached hydrogen (secondary N) is 2. The molecular weight excluding hydrogens is 294 g/mol. The van der Waals surface area contributed by atoms with Crippen LogP contribution in [0.2, 0.25) is 0 Å². The second-order valence-electron chi connectivity index (χ2n) is 6.13. The first-order valence-corrected chi connectivity index (χ1v) is 8.41. The maximum Gasteiger partial charge on any atom is 0.254 e. The monoisotopic (exact) mass is 321 g/mol. The third-order valence-electron chi connectivity index (χ3n) is 4.41. The molecule has 0 atom stereocenters. The van der Waals surface area contributed by atoms with E-state index in [1.807, 2.05) is 0 Å². The molecule has 1 heterocycles. The van der Waals surface area contributed by atoms with Gasteiger partial charge in [0.05, 0.1) is 11.7 Å². The summed E-state index contributed by atoms with van der Waals surface area (Å²) in [4.78, 5) is 20.2. The van der Waals surface area contributed by atoms with Gasteiger partial charge in [0.25, 0.3) is 5.91 Å². The van der Waals surface area contributed by atoms with Crippen LogP contribution in [0.3, 0.4) is 0 Å². The van der Waals surface area contributed by atoms with E-state index >= 15 is 0 Å². The number of amides is 1. The molecule has 7 nitrogen and oxygen atoms in total. The Balaban J connectivity index is 2.13. The number of aliphatic hydroxyl groups excluding tert-OH is 1. The summed E-state index contributed by atoms with van der Waals surface area (Å²) in [7, 11) is 0. The van der Waals surface area contributed by atoms with Crippen LogP contribution in [0.25, 0.3) is 0 Å². The third kappa shape index (κ3) is 4.79. The number of aliphatic hydroxyl groups is 1. The first-order valence-electron chi connectivity index (χ1n) is 8.41. The van der Waals surface area contributed by atoms with Crippen LogP contribution in [0.4, 0.5) is 11.8 Å². The summed E-state index contributed by atoms with van der Waals surface area (Å²) in [5, 5.41) is 16.1. The Kier molecular flexibility index (Phi) is 6.15. The molecule has 0 aromatic carbocycles. The number of anilines is 2. The summed E-state index contributed by atoms with van der Waals surface area (Å²) >= 11 is 0. The van der Waals surface area contributed by atoms with Crippen molar-refractivity contribution in [1.82, 2.24) is 9.97 Å². The van der Waals surface area contributed by atoms with Crippen LogP contribution in [-0.2, 0) is 0 Å². The van der Waals surface area contributed by atoms with Gasteiger partial charge in [0.2, 0.25) is 5.95 Å². The zero-order chi connectivity index (χ0) is 16.8. The van der Waals surface area contributed by atoms with Gasteiger partial charge < -0.3 is 21.5 Å². The van der Waals surface area contributed by atoms with Crippen LogP contribution in [0.1, 0.15) is 62.7 Å². The molecule has 1 saturated carbocycles. The van der Waals surface area contributed by atoms with Gasteiger partial charge in [-0.25, -0.2) is 4.98 Å². The number of hydrogen-bond donors (Lipinski definition) is 4. The average Bonchev–Trinajstić information content (AvgIpc) is 2.54. The summed E-state index contributed by atoms with van der Waals surface area (Å²) in [6, 6.07) is 0.486. The Morgan fingerprint density at radius 2 is 2.00 bits per heavy atom. The summed E-state index contributed by atoms with van der Waals surface area (Å²) in [5.74, 6) is 0.440. The molecule has 2 rings (SSSR count). The highest BCUT2D eigenvalue weighted by Crippen LogP contribution is 2.22. The summed E-state index contributed by atoms with van der Waals surface area (Å²) in [6.45, 7) is 4.16. The molecule has 1 aromatic heterocycles. The van der Waals surface area contributed by atoms with Gasteiger partial charge in [-0.05, 0) is 38.5 Å². The quantitative estimate of drug-likeness (QED) is 0.610. The number of carbonyl (C=O) groups excluding carboxylic acids is 1. The highest BCUT2D eigenvalue weighted by Gasteiger charge is 2.21. The number of carbonyl (C=O) groups is 1. The third-order valence-corrected chi connectivity index (χ3v) is 4.41. The normalized spacial score (nSPS) is 21.2. The van der Waals surface area contributed by atoms with E-state index in [-0.39, 0.29) is 18.2 Å². The molecule has 0 saturated heterocycles. The summed E-state index contributed by atoms with van der Waals surface area (Å²) in [6.07, 6.45) is 6.49. The molecular formula is C16H27N5O2. The van der Waals surface area contributed by atoms with Crippen molar-refractivity contribution in [1.29, 1.82) is 0 Å². The largest absolute Gasteiger partial charge is 0.393 e. The molecule has 7 heteroatoms. The molecule has 1 fully saturated rings. The number of rotatable bonds is 7. The van der Waals surface area contributed by atoms with Gasteiger partial charge in [-0.2, -0.15) is 4.98 Å². The van der Waals surface area contributed by atoms with Crippen molar-refractivity contribution in [2.24, 2.45) is 5.73 Å². The predicted octanol–water partition coefficient (Wildman–Crippen LogP) is 1.89. The van der Waals surface area contributed by atoms with E-state index in [2.05, 4.69) is 34.4 Å². The molecule has 0 radical (unpaired) electrons. The zero-order valence-electron chi connectivity index (χ0n) is 13.9. The fourth-order valence-corrected chi connectivity index (χ4v) is 2.83. The van der Waals surface area contributed by atoms with Crippen molar-refractivity contribution in [3.63, 3.8) is 0 Å². The second kappa shape index (κ2) is 8.10. The molecule has 5 N–H and O–H groups in total. The van der Waals surface area contributed by atoms with E-state index in [9.17, 15) is 9.90 Å². The molecule has 23 heavy (non-hydrogen) atoms. The number of hydrogen-bond acceptors (Lipinski definition) is 6. The van der Waals surface area contributed by atoms with Gasteiger partial charge in [0, 0.05) is 18.3 Å². The highest BCUT2D eigenvalue weighted by atomic mass is 16.3. The second-order valence-corrected chi connectivity index (χ2v) is 6.13. The molecule has 0 bridgehead atoms. The van der Waals surface area contributed by atoms with Crippen LogP contribution in [-0.4, -0.2) is 39.2 Å². The Morgan fingerprint density at radius 1 is 1.35 bits per heavy atom.